The van der Waals surface area contributed by atoms with Gasteiger partial charge in [0.25, 0.3) is 5.91 Å². The number of nitrogens with one attached hydrogen (secondary N) is 1. The number of carbonyl (C=O) groups excluding carboxylic acids is 1. The van der Waals surface area contributed by atoms with Gasteiger partial charge in [-0.15, -0.1) is 0 Å². The van der Waals surface area contributed by atoms with Crippen LogP contribution in [0, 0.1) is 12.8 Å². The van der Waals surface area contributed by atoms with Gasteiger partial charge in [0.15, 0.2) is 0 Å². The van der Waals surface area contributed by atoms with E-state index in [2.05, 4.69) is 10.3 Å². The number of alkyl halides is 3. The van der Waals surface area contributed by atoms with Crippen molar-refractivity contribution < 1.29 is 26.4 Å². The SMILES string of the molecule is Cc1nc(C(F)(F)F)ccc1C(=O)NCC1CCN(S(C)(=O)=O)CC1. The van der Waals surface area contributed by atoms with Gasteiger partial charge in [-0.3, -0.25) is 4.79 Å². The Morgan fingerprint density at radius 2 is 1.92 bits per heavy atom. The van der Waals surface area contributed by atoms with Crippen molar-refractivity contribution in [2.24, 2.45) is 5.92 Å². The maximum atomic E-state index is 12.6. The number of aryl methyl sites for hydroxylation is 1. The first-order valence-electron chi connectivity index (χ1n) is 7.76. The Bertz CT molecular complexity index is 742. The Hall–Kier alpha value is -1.68. The number of aromatic nitrogens is 1. The van der Waals surface area contributed by atoms with E-state index in [1.165, 1.54) is 11.2 Å². The van der Waals surface area contributed by atoms with Crippen molar-refractivity contribution in [3.8, 4) is 0 Å². The van der Waals surface area contributed by atoms with Crippen LogP contribution in [0.4, 0.5) is 13.2 Å². The van der Waals surface area contributed by atoms with Crippen LogP contribution in [0.5, 0.6) is 0 Å². The molecule has 2 heterocycles. The molecule has 10 heteroatoms. The molecule has 1 aromatic rings. The molecule has 0 aliphatic carbocycles. The summed E-state index contributed by atoms with van der Waals surface area (Å²) in [6, 6.07) is 1.90. The molecule has 0 atom stereocenters. The molecule has 0 unspecified atom stereocenters. The molecule has 1 aromatic heterocycles. The predicted molar refractivity (Wildman–Crippen MR) is 85.5 cm³/mol. The van der Waals surface area contributed by atoms with Gasteiger partial charge in [-0.05, 0) is 37.8 Å². The van der Waals surface area contributed by atoms with Gasteiger partial charge in [-0.25, -0.2) is 17.7 Å². The highest BCUT2D eigenvalue weighted by Crippen LogP contribution is 2.28. The average molecular weight is 379 g/mol. The number of pyridine rings is 1. The summed E-state index contributed by atoms with van der Waals surface area (Å²) in [5, 5.41) is 2.69. The van der Waals surface area contributed by atoms with Crippen LogP contribution in [0.15, 0.2) is 12.1 Å². The molecule has 1 aliphatic rings. The minimum Gasteiger partial charge on any atom is -0.352 e. The van der Waals surface area contributed by atoms with Gasteiger partial charge < -0.3 is 5.32 Å². The Kier molecular flexibility index (Phi) is 5.72. The van der Waals surface area contributed by atoms with Crippen LogP contribution in [0.3, 0.4) is 0 Å². The fourth-order valence-electron chi connectivity index (χ4n) is 2.74. The minimum absolute atomic E-state index is 0.0132. The fraction of sp³-hybridized carbons (Fsp3) is 0.600. The van der Waals surface area contributed by atoms with Crippen LogP contribution in [0.2, 0.25) is 0 Å². The van der Waals surface area contributed by atoms with Crippen LogP contribution in [-0.4, -0.2) is 49.5 Å². The van der Waals surface area contributed by atoms with E-state index in [4.69, 9.17) is 0 Å². The number of sulfonamides is 1. The molecule has 2 rings (SSSR count). The first-order chi connectivity index (χ1) is 11.5. The van der Waals surface area contributed by atoms with Crippen LogP contribution in [-0.2, 0) is 16.2 Å². The lowest BCUT2D eigenvalue weighted by atomic mass is 9.98. The third-order valence-electron chi connectivity index (χ3n) is 4.21. The molecule has 0 radical (unpaired) electrons. The van der Waals surface area contributed by atoms with E-state index in [9.17, 15) is 26.4 Å². The Labute approximate surface area is 144 Å². The normalized spacial score (nSPS) is 17.5. The fourth-order valence-corrected chi connectivity index (χ4v) is 3.61. The maximum Gasteiger partial charge on any atom is 0.433 e. The van der Waals surface area contributed by atoms with Gasteiger partial charge >= 0.3 is 6.18 Å². The summed E-state index contributed by atoms with van der Waals surface area (Å²) in [4.78, 5) is 15.6. The molecule has 6 nitrogen and oxygen atoms in total. The van der Waals surface area contributed by atoms with E-state index < -0.39 is 27.8 Å². The molecular formula is C15H20F3N3O3S. The lowest BCUT2D eigenvalue weighted by molar-refractivity contribution is -0.141. The molecule has 0 bridgehead atoms. The van der Waals surface area contributed by atoms with E-state index >= 15 is 0 Å². The molecule has 0 spiro atoms. The van der Waals surface area contributed by atoms with Crippen molar-refractivity contribution in [1.29, 1.82) is 0 Å². The van der Waals surface area contributed by atoms with Gasteiger partial charge in [-0.1, -0.05) is 0 Å². The first-order valence-corrected chi connectivity index (χ1v) is 9.61. The Morgan fingerprint density at radius 3 is 2.40 bits per heavy atom. The quantitative estimate of drug-likeness (QED) is 0.865. The molecule has 140 valence electrons. The third kappa shape index (κ3) is 5.15. The molecule has 0 aromatic carbocycles. The van der Waals surface area contributed by atoms with Gasteiger partial charge in [-0.2, -0.15) is 13.2 Å². The molecule has 1 aliphatic heterocycles. The van der Waals surface area contributed by atoms with Crippen molar-refractivity contribution in [1.82, 2.24) is 14.6 Å². The van der Waals surface area contributed by atoms with E-state index in [-0.39, 0.29) is 17.2 Å². The zero-order valence-corrected chi connectivity index (χ0v) is 14.7. The first kappa shape index (κ1) is 19.6. The highest BCUT2D eigenvalue weighted by Gasteiger charge is 2.33. The number of carbonyl (C=O) groups is 1. The highest BCUT2D eigenvalue weighted by molar-refractivity contribution is 7.88. The average Bonchev–Trinajstić information content (AvgIpc) is 2.51. The number of piperidine rings is 1. The van der Waals surface area contributed by atoms with Crippen LogP contribution in [0.25, 0.3) is 0 Å². The summed E-state index contributed by atoms with van der Waals surface area (Å²) in [6.07, 6.45) is -2.14. The lowest BCUT2D eigenvalue weighted by Gasteiger charge is -2.30. The number of hydrogen-bond acceptors (Lipinski definition) is 4. The largest absolute Gasteiger partial charge is 0.433 e. The zero-order valence-electron chi connectivity index (χ0n) is 13.9. The van der Waals surface area contributed by atoms with Gasteiger partial charge in [0, 0.05) is 19.6 Å². The summed E-state index contributed by atoms with van der Waals surface area (Å²) >= 11 is 0. The molecule has 1 fully saturated rings. The zero-order chi connectivity index (χ0) is 18.8. The molecule has 0 saturated carbocycles. The second-order valence-corrected chi connectivity index (χ2v) is 8.13. The lowest BCUT2D eigenvalue weighted by Crippen LogP contribution is -2.41. The molecule has 1 amide bonds. The molecule has 1 N–H and O–H groups in total. The van der Waals surface area contributed by atoms with E-state index in [1.807, 2.05) is 0 Å². The smallest absolute Gasteiger partial charge is 0.352 e. The molecule has 1 saturated heterocycles. The highest BCUT2D eigenvalue weighted by atomic mass is 32.2. The van der Waals surface area contributed by atoms with Crippen molar-refractivity contribution in [3.05, 3.63) is 29.1 Å². The predicted octanol–water partition coefficient (Wildman–Crippen LogP) is 1.81. The van der Waals surface area contributed by atoms with Crippen molar-refractivity contribution >= 4 is 15.9 Å². The summed E-state index contributed by atoms with van der Waals surface area (Å²) in [7, 11) is -3.20. The second kappa shape index (κ2) is 7.28. The van der Waals surface area contributed by atoms with E-state index in [0.717, 1.165) is 18.4 Å². The van der Waals surface area contributed by atoms with Crippen molar-refractivity contribution in [3.63, 3.8) is 0 Å². The van der Waals surface area contributed by atoms with Gasteiger partial charge in [0.2, 0.25) is 10.0 Å². The summed E-state index contributed by atoms with van der Waals surface area (Å²) in [6.45, 7) is 2.51. The summed E-state index contributed by atoms with van der Waals surface area (Å²) in [5.74, 6) is -0.353. The summed E-state index contributed by atoms with van der Waals surface area (Å²) < 4.78 is 62.1. The minimum atomic E-state index is -4.55. The van der Waals surface area contributed by atoms with Gasteiger partial charge in [0.1, 0.15) is 5.69 Å². The van der Waals surface area contributed by atoms with Crippen LogP contribution in [0.1, 0.15) is 34.6 Å². The topological polar surface area (TPSA) is 79.4 Å². The number of nitrogens with zero attached hydrogens (tertiary/aromatic N) is 2. The van der Waals surface area contributed by atoms with Crippen molar-refractivity contribution in [2.45, 2.75) is 25.9 Å². The number of hydrogen-bond donors (Lipinski definition) is 1. The monoisotopic (exact) mass is 379 g/mol. The third-order valence-corrected chi connectivity index (χ3v) is 5.52. The van der Waals surface area contributed by atoms with Crippen LogP contribution < -0.4 is 5.32 Å². The number of rotatable bonds is 4. The number of halogens is 3. The van der Waals surface area contributed by atoms with Crippen molar-refractivity contribution in [2.75, 3.05) is 25.9 Å². The van der Waals surface area contributed by atoms with Gasteiger partial charge in [0.05, 0.1) is 17.5 Å². The molecule has 25 heavy (non-hydrogen) atoms. The summed E-state index contributed by atoms with van der Waals surface area (Å²) in [5.41, 5.74) is -0.921. The van der Waals surface area contributed by atoms with E-state index in [1.54, 1.807) is 0 Å². The standard InChI is InChI=1S/C15H20F3N3O3S/c1-10-12(3-4-13(20-10)15(16,17)18)14(22)19-9-11-5-7-21(8-6-11)25(2,23)24/h3-4,11H,5-9H2,1-2H3,(H,19,22). The van der Waals surface area contributed by atoms with Crippen LogP contribution >= 0.6 is 0 Å². The Morgan fingerprint density at radius 1 is 1.32 bits per heavy atom. The second-order valence-electron chi connectivity index (χ2n) is 6.14. The Balaban J connectivity index is 1.91. The maximum absolute atomic E-state index is 12.6. The molecular weight excluding hydrogens is 359 g/mol. The van der Waals surface area contributed by atoms with E-state index in [0.29, 0.717) is 32.5 Å². The number of amides is 1.